The predicted molar refractivity (Wildman–Crippen MR) is 79.1 cm³/mol. The van der Waals surface area contributed by atoms with E-state index in [-0.39, 0.29) is 0 Å². The lowest BCUT2D eigenvalue weighted by Crippen LogP contribution is -1.95. The number of benzene rings is 1. The van der Waals surface area contributed by atoms with Gasteiger partial charge in [-0.2, -0.15) is 5.10 Å². The van der Waals surface area contributed by atoms with E-state index in [0.29, 0.717) is 10.9 Å². The van der Waals surface area contributed by atoms with E-state index in [2.05, 4.69) is 25.8 Å². The number of nitrogens with zero attached hydrogens (tertiary/aromatic N) is 5. The summed E-state index contributed by atoms with van der Waals surface area (Å²) in [5.74, 6) is 0.491. The highest BCUT2D eigenvalue weighted by atomic mass is 32.1. The van der Waals surface area contributed by atoms with Crippen LogP contribution in [0.1, 0.15) is 5.56 Å². The Hall–Kier alpha value is -2.74. The van der Waals surface area contributed by atoms with Crippen LogP contribution in [0.25, 0.3) is 5.69 Å². The highest BCUT2D eigenvalue weighted by Crippen LogP contribution is 2.16. The molecule has 0 amide bonds. The van der Waals surface area contributed by atoms with Gasteiger partial charge in [-0.3, -0.25) is 5.43 Å². The molecule has 3 N–H and O–H groups in total. The van der Waals surface area contributed by atoms with E-state index in [1.54, 1.807) is 28.7 Å². The van der Waals surface area contributed by atoms with Gasteiger partial charge in [-0.15, -0.1) is 16.4 Å². The van der Waals surface area contributed by atoms with Gasteiger partial charge >= 0.3 is 0 Å². The van der Waals surface area contributed by atoms with E-state index in [1.807, 2.05) is 24.3 Å². The average molecular weight is 285 g/mol. The Morgan fingerprint density at radius 2 is 2.15 bits per heavy atom. The van der Waals surface area contributed by atoms with Crippen molar-refractivity contribution in [2.75, 3.05) is 11.2 Å². The summed E-state index contributed by atoms with van der Waals surface area (Å²) in [5, 5.41) is 14.2. The fraction of sp³-hybridized carbons (Fsp3) is 0. The first-order chi connectivity index (χ1) is 9.81. The lowest BCUT2D eigenvalue weighted by Gasteiger charge is -2.00. The van der Waals surface area contributed by atoms with Crippen molar-refractivity contribution in [3.05, 3.63) is 47.6 Å². The Morgan fingerprint density at radius 1 is 1.30 bits per heavy atom. The van der Waals surface area contributed by atoms with E-state index in [9.17, 15) is 0 Å². The number of thiazole rings is 1. The molecule has 2 aromatic heterocycles. The molecule has 3 aromatic rings. The van der Waals surface area contributed by atoms with E-state index in [4.69, 9.17) is 5.73 Å². The molecule has 20 heavy (non-hydrogen) atoms. The molecule has 0 atom stereocenters. The number of anilines is 2. The smallest absolute Gasteiger partial charge is 0.205 e. The fourth-order valence-corrected chi connectivity index (χ4v) is 2.11. The third-order valence-electron chi connectivity index (χ3n) is 2.48. The van der Waals surface area contributed by atoms with Crippen molar-refractivity contribution in [2.45, 2.75) is 0 Å². The number of aromatic nitrogens is 4. The highest BCUT2D eigenvalue weighted by Gasteiger charge is 1.97. The van der Waals surface area contributed by atoms with E-state index >= 15 is 0 Å². The predicted octanol–water partition coefficient (Wildman–Crippen LogP) is 1.75. The van der Waals surface area contributed by atoms with Crippen molar-refractivity contribution < 1.29 is 0 Å². The maximum atomic E-state index is 5.52. The largest absolute Gasteiger partial charge is 0.383 e. The third kappa shape index (κ3) is 2.81. The zero-order chi connectivity index (χ0) is 13.8. The van der Waals surface area contributed by atoms with Crippen LogP contribution in [0.4, 0.5) is 10.9 Å². The van der Waals surface area contributed by atoms with Crippen LogP contribution in [0.15, 0.2) is 47.1 Å². The molecule has 0 aliphatic heterocycles. The Labute approximate surface area is 118 Å². The number of nitrogen functional groups attached to an aromatic ring is 1. The standard InChI is InChI=1S/C12H11N7S/c13-11-8-20-12(16-11)17-15-7-9-1-3-10(4-2-9)19-6-5-14-18-19/h1-8H,13H2,(H,16,17). The summed E-state index contributed by atoms with van der Waals surface area (Å²) in [7, 11) is 0. The monoisotopic (exact) mass is 285 g/mol. The second-order valence-electron chi connectivity index (χ2n) is 3.89. The van der Waals surface area contributed by atoms with Crippen LogP contribution in [-0.2, 0) is 0 Å². The van der Waals surface area contributed by atoms with Crippen LogP contribution < -0.4 is 11.2 Å². The molecule has 2 heterocycles. The minimum atomic E-state index is 0.491. The second-order valence-corrected chi connectivity index (χ2v) is 4.74. The van der Waals surface area contributed by atoms with E-state index in [0.717, 1.165) is 11.3 Å². The van der Waals surface area contributed by atoms with Gasteiger partial charge in [-0.05, 0) is 17.7 Å². The molecule has 7 nitrogen and oxygen atoms in total. The molecule has 0 bridgehead atoms. The van der Waals surface area contributed by atoms with Crippen LogP contribution in [0.5, 0.6) is 0 Å². The van der Waals surface area contributed by atoms with Crippen molar-refractivity contribution in [1.82, 2.24) is 20.0 Å². The average Bonchev–Trinajstić information content (AvgIpc) is 3.11. The van der Waals surface area contributed by atoms with Gasteiger partial charge in [0.1, 0.15) is 5.82 Å². The van der Waals surface area contributed by atoms with Gasteiger partial charge in [0.25, 0.3) is 0 Å². The Balaban J connectivity index is 1.66. The summed E-state index contributed by atoms with van der Waals surface area (Å²) in [6.07, 6.45) is 5.14. The van der Waals surface area contributed by atoms with Crippen molar-refractivity contribution in [3.8, 4) is 5.69 Å². The number of rotatable bonds is 4. The first kappa shape index (κ1) is 12.3. The van der Waals surface area contributed by atoms with Gasteiger partial charge in [0.2, 0.25) is 5.13 Å². The molecule has 0 spiro atoms. The summed E-state index contributed by atoms with van der Waals surface area (Å²) in [6, 6.07) is 7.77. The molecule has 0 unspecified atom stereocenters. The quantitative estimate of drug-likeness (QED) is 0.562. The molecule has 0 aliphatic rings. The minimum absolute atomic E-state index is 0.491. The Bertz CT molecular complexity index is 700. The van der Waals surface area contributed by atoms with Crippen molar-refractivity contribution in [2.24, 2.45) is 5.10 Å². The van der Waals surface area contributed by atoms with Crippen LogP contribution in [0.2, 0.25) is 0 Å². The number of hydrazone groups is 1. The maximum absolute atomic E-state index is 5.52. The summed E-state index contributed by atoms with van der Waals surface area (Å²) in [4.78, 5) is 4.04. The molecule has 100 valence electrons. The Morgan fingerprint density at radius 3 is 2.80 bits per heavy atom. The second kappa shape index (κ2) is 5.49. The number of nitrogens with one attached hydrogen (secondary N) is 1. The van der Waals surface area contributed by atoms with Gasteiger partial charge in [-0.25, -0.2) is 9.67 Å². The summed E-state index contributed by atoms with van der Waals surface area (Å²) >= 11 is 1.41. The van der Waals surface area contributed by atoms with Crippen LogP contribution in [0, 0.1) is 0 Å². The molecule has 0 aliphatic carbocycles. The molecule has 0 saturated carbocycles. The third-order valence-corrected chi connectivity index (χ3v) is 3.24. The molecule has 1 aromatic carbocycles. The molecule has 3 rings (SSSR count). The summed E-state index contributed by atoms with van der Waals surface area (Å²) < 4.78 is 1.69. The van der Waals surface area contributed by atoms with Gasteiger partial charge in [0.05, 0.1) is 24.3 Å². The summed E-state index contributed by atoms with van der Waals surface area (Å²) in [5.41, 5.74) is 10.3. The SMILES string of the molecule is Nc1csc(NN=Cc2ccc(-n3ccnn3)cc2)n1. The van der Waals surface area contributed by atoms with Crippen LogP contribution >= 0.6 is 11.3 Å². The number of nitrogens with two attached hydrogens (primary N) is 1. The van der Waals surface area contributed by atoms with Crippen LogP contribution in [0.3, 0.4) is 0 Å². The lowest BCUT2D eigenvalue weighted by molar-refractivity contribution is 0.803. The van der Waals surface area contributed by atoms with Gasteiger partial charge in [-0.1, -0.05) is 17.3 Å². The normalized spacial score (nSPS) is 11.0. The minimum Gasteiger partial charge on any atom is -0.383 e. The van der Waals surface area contributed by atoms with Gasteiger partial charge in [0, 0.05) is 5.38 Å². The molecular formula is C12H11N7S. The van der Waals surface area contributed by atoms with E-state index in [1.165, 1.54) is 11.3 Å². The van der Waals surface area contributed by atoms with Crippen molar-refractivity contribution in [1.29, 1.82) is 0 Å². The Kier molecular flexibility index (Phi) is 3.38. The molecule has 0 fully saturated rings. The number of hydrogen-bond donors (Lipinski definition) is 2. The van der Waals surface area contributed by atoms with Gasteiger partial charge in [0.15, 0.2) is 0 Å². The lowest BCUT2D eigenvalue weighted by atomic mass is 10.2. The maximum Gasteiger partial charge on any atom is 0.205 e. The topological polar surface area (TPSA) is 94.0 Å². The first-order valence-corrected chi connectivity index (χ1v) is 6.66. The van der Waals surface area contributed by atoms with E-state index < -0.39 is 0 Å². The fourth-order valence-electron chi connectivity index (χ4n) is 1.56. The first-order valence-electron chi connectivity index (χ1n) is 5.78. The van der Waals surface area contributed by atoms with Crippen molar-refractivity contribution in [3.63, 3.8) is 0 Å². The molecule has 8 heteroatoms. The zero-order valence-electron chi connectivity index (χ0n) is 10.3. The highest BCUT2D eigenvalue weighted by molar-refractivity contribution is 7.14. The number of hydrogen-bond acceptors (Lipinski definition) is 7. The molecule has 0 saturated heterocycles. The molecule has 0 radical (unpaired) electrons. The summed E-state index contributed by atoms with van der Waals surface area (Å²) in [6.45, 7) is 0. The van der Waals surface area contributed by atoms with Gasteiger partial charge < -0.3 is 5.73 Å². The van der Waals surface area contributed by atoms with Crippen LogP contribution in [-0.4, -0.2) is 26.2 Å². The van der Waals surface area contributed by atoms with Crippen molar-refractivity contribution >= 4 is 28.5 Å². The zero-order valence-corrected chi connectivity index (χ0v) is 11.2. The molecular weight excluding hydrogens is 274 g/mol.